The number of carboxylic acid groups (broad SMARTS) is 1. The third-order valence-electron chi connectivity index (χ3n) is 2.53. The van der Waals surface area contributed by atoms with Crippen LogP contribution in [0.5, 0.6) is 0 Å². The largest absolute Gasteiger partial charge is 0.480 e. The first-order chi connectivity index (χ1) is 8.45. The van der Waals surface area contributed by atoms with Crippen molar-refractivity contribution in [3.63, 3.8) is 0 Å². The van der Waals surface area contributed by atoms with Crippen molar-refractivity contribution in [3.8, 4) is 0 Å². The van der Waals surface area contributed by atoms with Gasteiger partial charge in [-0.1, -0.05) is 13.3 Å². The first-order valence-corrected chi connectivity index (χ1v) is 5.66. The molecule has 1 heterocycles. The predicted molar refractivity (Wildman–Crippen MR) is 65.5 cm³/mol. The second-order valence-electron chi connectivity index (χ2n) is 4.02. The second kappa shape index (κ2) is 6.00. The number of aliphatic carboxylic acids is 1. The second-order valence-corrected chi connectivity index (χ2v) is 4.02. The van der Waals surface area contributed by atoms with Gasteiger partial charge in [-0.05, 0) is 12.5 Å². The van der Waals surface area contributed by atoms with Crippen molar-refractivity contribution < 1.29 is 14.7 Å². The van der Waals surface area contributed by atoms with E-state index in [1.165, 1.54) is 29.9 Å². The summed E-state index contributed by atoms with van der Waals surface area (Å²) in [5, 5.41) is 11.4. The maximum atomic E-state index is 11.8. The van der Waals surface area contributed by atoms with E-state index in [-0.39, 0.29) is 11.1 Å². The highest BCUT2D eigenvalue weighted by molar-refractivity contribution is 5.96. The van der Waals surface area contributed by atoms with Crippen molar-refractivity contribution in [3.05, 3.63) is 34.2 Å². The first kappa shape index (κ1) is 14.0. The lowest BCUT2D eigenvalue weighted by atomic mass is 10.1. The van der Waals surface area contributed by atoms with Gasteiger partial charge in [0.1, 0.15) is 6.04 Å². The van der Waals surface area contributed by atoms with Crippen LogP contribution in [0.25, 0.3) is 0 Å². The molecule has 1 aromatic heterocycles. The quantitative estimate of drug-likeness (QED) is 0.792. The average molecular weight is 252 g/mol. The zero-order valence-electron chi connectivity index (χ0n) is 10.3. The molecule has 1 unspecified atom stereocenters. The Morgan fingerprint density at radius 3 is 2.61 bits per heavy atom. The standard InChI is InChI=1S/C12H16N2O4/c1-3-4-9(12(17)18)13-11(16)8-5-6-10(15)14(2)7-8/h5-7,9H,3-4H2,1-2H3,(H,13,16)(H,17,18). The maximum absolute atomic E-state index is 11.8. The van der Waals surface area contributed by atoms with Gasteiger partial charge in [0, 0.05) is 19.3 Å². The molecule has 0 bridgehead atoms. The Labute approximate surface area is 104 Å². The normalized spacial score (nSPS) is 11.9. The number of aryl methyl sites for hydroxylation is 1. The van der Waals surface area contributed by atoms with E-state index < -0.39 is 17.9 Å². The Morgan fingerprint density at radius 2 is 2.11 bits per heavy atom. The molecular formula is C12H16N2O4. The monoisotopic (exact) mass is 252 g/mol. The van der Waals surface area contributed by atoms with Crippen molar-refractivity contribution in [2.24, 2.45) is 7.05 Å². The van der Waals surface area contributed by atoms with Crippen LogP contribution in [0.4, 0.5) is 0 Å². The van der Waals surface area contributed by atoms with E-state index >= 15 is 0 Å². The fourth-order valence-corrected chi connectivity index (χ4v) is 1.52. The molecule has 0 saturated heterocycles. The fourth-order valence-electron chi connectivity index (χ4n) is 1.52. The SMILES string of the molecule is CCCC(NC(=O)c1ccc(=O)n(C)c1)C(=O)O. The number of carbonyl (C=O) groups excluding carboxylic acids is 1. The smallest absolute Gasteiger partial charge is 0.326 e. The molecule has 1 amide bonds. The van der Waals surface area contributed by atoms with E-state index in [0.29, 0.717) is 12.8 Å². The summed E-state index contributed by atoms with van der Waals surface area (Å²) in [6.45, 7) is 1.84. The van der Waals surface area contributed by atoms with Crippen molar-refractivity contribution in [1.29, 1.82) is 0 Å². The lowest BCUT2D eigenvalue weighted by molar-refractivity contribution is -0.139. The number of aromatic nitrogens is 1. The number of hydrogen-bond donors (Lipinski definition) is 2. The molecule has 0 saturated carbocycles. The molecule has 0 radical (unpaired) electrons. The number of nitrogens with one attached hydrogen (secondary N) is 1. The zero-order valence-corrected chi connectivity index (χ0v) is 10.3. The van der Waals surface area contributed by atoms with Gasteiger partial charge in [0.2, 0.25) is 5.56 Å². The molecule has 0 aliphatic heterocycles. The van der Waals surface area contributed by atoms with E-state index in [4.69, 9.17) is 5.11 Å². The highest BCUT2D eigenvalue weighted by Crippen LogP contribution is 2.01. The van der Waals surface area contributed by atoms with Gasteiger partial charge >= 0.3 is 5.97 Å². The fraction of sp³-hybridized carbons (Fsp3) is 0.417. The van der Waals surface area contributed by atoms with Gasteiger partial charge in [0.05, 0.1) is 5.56 Å². The van der Waals surface area contributed by atoms with Gasteiger partial charge in [-0.25, -0.2) is 4.79 Å². The molecule has 18 heavy (non-hydrogen) atoms. The van der Waals surface area contributed by atoms with Gasteiger partial charge in [0.15, 0.2) is 0 Å². The lowest BCUT2D eigenvalue weighted by Gasteiger charge is -2.13. The van der Waals surface area contributed by atoms with Crippen LogP contribution in [-0.2, 0) is 11.8 Å². The van der Waals surface area contributed by atoms with Crippen molar-refractivity contribution in [1.82, 2.24) is 9.88 Å². The molecule has 0 fully saturated rings. The molecule has 1 aromatic rings. The van der Waals surface area contributed by atoms with Gasteiger partial charge in [-0.2, -0.15) is 0 Å². The van der Waals surface area contributed by atoms with Gasteiger partial charge in [0.25, 0.3) is 5.91 Å². The highest BCUT2D eigenvalue weighted by Gasteiger charge is 2.19. The van der Waals surface area contributed by atoms with Crippen molar-refractivity contribution in [2.75, 3.05) is 0 Å². The third kappa shape index (κ3) is 3.44. The van der Waals surface area contributed by atoms with Gasteiger partial charge < -0.3 is 15.0 Å². The molecule has 0 spiro atoms. The first-order valence-electron chi connectivity index (χ1n) is 5.66. The average Bonchev–Trinajstić information content (AvgIpc) is 2.31. The molecule has 2 N–H and O–H groups in total. The van der Waals surface area contributed by atoms with Crippen LogP contribution in [-0.4, -0.2) is 27.6 Å². The number of amides is 1. The summed E-state index contributed by atoms with van der Waals surface area (Å²) >= 11 is 0. The molecule has 0 aliphatic carbocycles. The molecule has 0 aromatic carbocycles. The summed E-state index contributed by atoms with van der Waals surface area (Å²) in [5.41, 5.74) is 0.0364. The van der Waals surface area contributed by atoms with Crippen LogP contribution >= 0.6 is 0 Å². The van der Waals surface area contributed by atoms with Gasteiger partial charge in [-0.15, -0.1) is 0 Å². The Kier molecular flexibility index (Phi) is 4.65. The van der Waals surface area contributed by atoms with E-state index in [1.54, 1.807) is 0 Å². The van der Waals surface area contributed by atoms with E-state index in [0.717, 1.165) is 0 Å². The van der Waals surface area contributed by atoms with Crippen molar-refractivity contribution >= 4 is 11.9 Å². The summed E-state index contributed by atoms with van der Waals surface area (Å²) < 4.78 is 1.27. The van der Waals surface area contributed by atoms with Gasteiger partial charge in [-0.3, -0.25) is 9.59 Å². The van der Waals surface area contributed by atoms with E-state index in [1.807, 2.05) is 6.92 Å². The molecule has 1 rings (SSSR count). The van der Waals surface area contributed by atoms with Crippen LogP contribution in [0.3, 0.4) is 0 Å². The number of rotatable bonds is 5. The summed E-state index contributed by atoms with van der Waals surface area (Å²) in [6, 6.07) is 1.74. The Morgan fingerprint density at radius 1 is 1.44 bits per heavy atom. The minimum Gasteiger partial charge on any atom is -0.480 e. The lowest BCUT2D eigenvalue weighted by Crippen LogP contribution is -2.41. The zero-order chi connectivity index (χ0) is 13.7. The minimum atomic E-state index is -1.06. The Balaban J connectivity index is 2.83. The summed E-state index contributed by atoms with van der Waals surface area (Å²) in [7, 11) is 1.53. The third-order valence-corrected chi connectivity index (χ3v) is 2.53. The number of hydrogen-bond acceptors (Lipinski definition) is 3. The van der Waals surface area contributed by atoms with Crippen LogP contribution in [0.15, 0.2) is 23.1 Å². The summed E-state index contributed by atoms with van der Waals surface area (Å²) in [6.07, 6.45) is 2.40. The maximum Gasteiger partial charge on any atom is 0.326 e. The number of nitrogens with zero attached hydrogens (tertiary/aromatic N) is 1. The van der Waals surface area contributed by atoms with Crippen LogP contribution in [0.2, 0.25) is 0 Å². The van der Waals surface area contributed by atoms with Crippen LogP contribution in [0, 0.1) is 0 Å². The molecule has 1 atom stereocenters. The predicted octanol–water partition coefficient (Wildman–Crippen LogP) is 0.368. The molecular weight excluding hydrogens is 236 g/mol. The number of pyridine rings is 1. The molecule has 98 valence electrons. The summed E-state index contributed by atoms with van der Waals surface area (Å²) in [5.74, 6) is -1.55. The molecule has 6 nitrogen and oxygen atoms in total. The minimum absolute atomic E-state index is 0.227. The Hall–Kier alpha value is -2.11. The van der Waals surface area contributed by atoms with Crippen LogP contribution in [0.1, 0.15) is 30.1 Å². The number of carboxylic acids is 1. The van der Waals surface area contributed by atoms with E-state index in [2.05, 4.69) is 5.32 Å². The topological polar surface area (TPSA) is 88.4 Å². The number of carbonyl (C=O) groups is 2. The summed E-state index contributed by atoms with van der Waals surface area (Å²) in [4.78, 5) is 33.9. The molecule has 6 heteroatoms. The molecule has 0 aliphatic rings. The Bertz CT molecular complexity index is 507. The van der Waals surface area contributed by atoms with Crippen LogP contribution < -0.4 is 10.9 Å². The van der Waals surface area contributed by atoms with E-state index in [9.17, 15) is 14.4 Å². The van der Waals surface area contributed by atoms with Crippen molar-refractivity contribution in [2.45, 2.75) is 25.8 Å². The highest BCUT2D eigenvalue weighted by atomic mass is 16.4.